The summed E-state index contributed by atoms with van der Waals surface area (Å²) >= 11 is 5.99. The Morgan fingerprint density at radius 2 is 1.88 bits per heavy atom. The van der Waals surface area contributed by atoms with Crippen molar-refractivity contribution >= 4 is 23.2 Å². The maximum atomic E-state index is 13.1. The van der Waals surface area contributed by atoms with Crippen molar-refractivity contribution in [2.75, 3.05) is 18.4 Å². The molecule has 3 nitrogen and oxygen atoms in total. The summed E-state index contributed by atoms with van der Waals surface area (Å²) in [5.74, 6) is -0.558. The molecule has 5 heteroatoms. The molecule has 0 aliphatic carbocycles. The van der Waals surface area contributed by atoms with Crippen LogP contribution in [0.3, 0.4) is 0 Å². The van der Waals surface area contributed by atoms with Gasteiger partial charge in [0.25, 0.3) is 0 Å². The Hall–Kier alpha value is -1.91. The molecule has 1 saturated heterocycles. The first-order valence-corrected chi connectivity index (χ1v) is 8.53. The number of carbonyl (C=O) groups excluding carboxylic acids is 1. The summed E-state index contributed by atoms with van der Waals surface area (Å²) in [4.78, 5) is 14.7. The van der Waals surface area contributed by atoms with E-state index in [0.29, 0.717) is 5.56 Å². The molecular weight excluding hydrogens is 327 g/mol. The number of nitrogens with zero attached hydrogens (tertiary/aromatic N) is 1. The van der Waals surface area contributed by atoms with Gasteiger partial charge in [0.2, 0.25) is 5.91 Å². The Bertz CT molecular complexity index is 729. The highest BCUT2D eigenvalue weighted by Crippen LogP contribution is 2.22. The minimum atomic E-state index is -0.403. The van der Waals surface area contributed by atoms with Gasteiger partial charge in [-0.15, -0.1) is 0 Å². The number of halogens is 2. The Morgan fingerprint density at radius 1 is 1.12 bits per heavy atom. The van der Waals surface area contributed by atoms with Crippen LogP contribution in [0.15, 0.2) is 42.5 Å². The van der Waals surface area contributed by atoms with Gasteiger partial charge in [-0.05, 0) is 55.3 Å². The minimum absolute atomic E-state index is 0.122. The van der Waals surface area contributed by atoms with Crippen LogP contribution in [-0.4, -0.2) is 23.9 Å². The lowest BCUT2D eigenvalue weighted by Crippen LogP contribution is -2.21. The third-order valence-corrected chi connectivity index (χ3v) is 4.60. The van der Waals surface area contributed by atoms with E-state index in [0.717, 1.165) is 30.9 Å². The van der Waals surface area contributed by atoms with E-state index in [-0.39, 0.29) is 17.4 Å². The molecule has 126 valence electrons. The second-order valence-electron chi connectivity index (χ2n) is 6.10. The van der Waals surface area contributed by atoms with E-state index in [2.05, 4.69) is 10.2 Å². The monoisotopic (exact) mass is 346 g/mol. The lowest BCUT2D eigenvalue weighted by Gasteiger charge is -2.18. The fraction of sp³-hybridized carbons (Fsp3) is 0.316. The molecule has 3 rings (SSSR count). The normalized spacial score (nSPS) is 14.8. The van der Waals surface area contributed by atoms with E-state index < -0.39 is 5.82 Å². The van der Waals surface area contributed by atoms with Crippen molar-refractivity contribution in [3.63, 3.8) is 0 Å². The molecule has 1 aliphatic heterocycles. The van der Waals surface area contributed by atoms with Crippen LogP contribution >= 0.6 is 11.6 Å². The average Bonchev–Trinajstić information content (AvgIpc) is 3.05. The third-order valence-electron chi connectivity index (χ3n) is 4.25. The summed E-state index contributed by atoms with van der Waals surface area (Å²) in [5, 5.41) is 3.23. The van der Waals surface area contributed by atoms with Crippen LogP contribution in [0, 0.1) is 5.82 Å². The van der Waals surface area contributed by atoms with Crippen LogP contribution < -0.4 is 5.32 Å². The highest BCUT2D eigenvalue weighted by Gasteiger charge is 2.15. The second-order valence-corrected chi connectivity index (χ2v) is 6.51. The molecule has 0 spiro atoms. The number of anilines is 1. The molecule has 1 aliphatic rings. The van der Waals surface area contributed by atoms with E-state index in [1.807, 2.05) is 24.3 Å². The molecule has 0 aromatic heterocycles. The van der Waals surface area contributed by atoms with Crippen molar-refractivity contribution in [2.45, 2.75) is 25.8 Å². The summed E-state index contributed by atoms with van der Waals surface area (Å²) in [5.41, 5.74) is 2.55. The van der Waals surface area contributed by atoms with Crippen molar-refractivity contribution in [3.8, 4) is 0 Å². The van der Waals surface area contributed by atoms with Crippen molar-refractivity contribution in [1.82, 2.24) is 4.90 Å². The van der Waals surface area contributed by atoms with Gasteiger partial charge < -0.3 is 5.32 Å². The number of nitrogens with one attached hydrogen (secondary N) is 1. The molecule has 1 fully saturated rings. The van der Waals surface area contributed by atoms with Crippen molar-refractivity contribution in [1.29, 1.82) is 0 Å². The number of hydrogen-bond acceptors (Lipinski definition) is 2. The first kappa shape index (κ1) is 16.9. The second kappa shape index (κ2) is 7.77. The zero-order valence-corrected chi connectivity index (χ0v) is 14.2. The largest absolute Gasteiger partial charge is 0.325 e. The lowest BCUT2D eigenvalue weighted by atomic mass is 10.1. The summed E-state index contributed by atoms with van der Waals surface area (Å²) < 4.78 is 13.1. The van der Waals surface area contributed by atoms with Gasteiger partial charge in [0.05, 0.1) is 6.42 Å². The molecule has 0 atom stereocenters. The smallest absolute Gasteiger partial charge is 0.228 e. The van der Waals surface area contributed by atoms with Crippen LogP contribution in [-0.2, 0) is 17.8 Å². The topological polar surface area (TPSA) is 32.3 Å². The standard InChI is InChI=1S/C19H20ClFN2O/c20-17-12-16(21)8-7-14(17)11-19(24)22-18-6-2-1-5-15(18)13-23-9-3-4-10-23/h1-2,5-8,12H,3-4,9-11,13H2,(H,22,24). The molecular formula is C19H20ClFN2O. The number of amides is 1. The van der Waals surface area contributed by atoms with Crippen LogP contribution in [0.2, 0.25) is 5.02 Å². The Kier molecular flexibility index (Phi) is 5.48. The molecule has 2 aromatic carbocycles. The number of rotatable bonds is 5. The highest BCUT2D eigenvalue weighted by atomic mass is 35.5. The summed E-state index contributed by atoms with van der Waals surface area (Å²) in [7, 11) is 0. The zero-order chi connectivity index (χ0) is 16.9. The van der Waals surface area contributed by atoms with Crippen molar-refractivity contribution < 1.29 is 9.18 Å². The van der Waals surface area contributed by atoms with Crippen LogP contribution in [0.5, 0.6) is 0 Å². The molecule has 1 heterocycles. The van der Waals surface area contributed by atoms with Gasteiger partial charge in [0, 0.05) is 17.3 Å². The molecule has 2 aromatic rings. The van der Waals surface area contributed by atoms with Crippen molar-refractivity contribution in [2.24, 2.45) is 0 Å². The first-order valence-electron chi connectivity index (χ1n) is 8.16. The molecule has 0 unspecified atom stereocenters. The molecule has 24 heavy (non-hydrogen) atoms. The quantitative estimate of drug-likeness (QED) is 0.877. The van der Waals surface area contributed by atoms with E-state index in [9.17, 15) is 9.18 Å². The molecule has 0 radical (unpaired) electrons. The van der Waals surface area contributed by atoms with Gasteiger partial charge in [-0.25, -0.2) is 4.39 Å². The fourth-order valence-corrected chi connectivity index (χ4v) is 3.23. The summed E-state index contributed by atoms with van der Waals surface area (Å²) in [6, 6.07) is 11.9. The molecule has 0 saturated carbocycles. The third kappa shape index (κ3) is 4.34. The Labute approximate surface area is 146 Å². The molecule has 1 amide bonds. The number of carbonyl (C=O) groups is 1. The summed E-state index contributed by atoms with van der Waals surface area (Å²) in [6.07, 6.45) is 2.59. The van der Waals surface area contributed by atoms with E-state index in [1.54, 1.807) is 6.07 Å². The average molecular weight is 347 g/mol. The minimum Gasteiger partial charge on any atom is -0.325 e. The van der Waals surface area contributed by atoms with Crippen LogP contribution in [0.25, 0.3) is 0 Å². The van der Waals surface area contributed by atoms with Gasteiger partial charge in [-0.1, -0.05) is 35.9 Å². The van der Waals surface area contributed by atoms with Gasteiger partial charge in [0.1, 0.15) is 5.82 Å². The Balaban J connectivity index is 1.67. The number of likely N-dealkylation sites (tertiary alicyclic amines) is 1. The molecule has 0 bridgehead atoms. The SMILES string of the molecule is O=C(Cc1ccc(F)cc1Cl)Nc1ccccc1CN1CCCC1. The van der Waals surface area contributed by atoms with Crippen molar-refractivity contribution in [3.05, 3.63) is 64.4 Å². The summed E-state index contributed by atoms with van der Waals surface area (Å²) in [6.45, 7) is 3.05. The van der Waals surface area contributed by atoms with E-state index in [4.69, 9.17) is 11.6 Å². The maximum absolute atomic E-state index is 13.1. The van der Waals surface area contributed by atoms with Gasteiger partial charge in [-0.2, -0.15) is 0 Å². The van der Waals surface area contributed by atoms with Gasteiger partial charge >= 0.3 is 0 Å². The fourth-order valence-electron chi connectivity index (χ4n) is 2.99. The maximum Gasteiger partial charge on any atom is 0.228 e. The molecule has 1 N–H and O–H groups in total. The number of benzene rings is 2. The number of para-hydroxylation sites is 1. The van der Waals surface area contributed by atoms with Crippen LogP contribution in [0.4, 0.5) is 10.1 Å². The Morgan fingerprint density at radius 3 is 2.62 bits per heavy atom. The highest BCUT2D eigenvalue weighted by molar-refractivity contribution is 6.31. The van der Waals surface area contributed by atoms with E-state index >= 15 is 0 Å². The number of hydrogen-bond donors (Lipinski definition) is 1. The van der Waals surface area contributed by atoms with E-state index in [1.165, 1.54) is 25.0 Å². The van der Waals surface area contributed by atoms with Crippen LogP contribution in [0.1, 0.15) is 24.0 Å². The zero-order valence-electron chi connectivity index (χ0n) is 13.4. The lowest BCUT2D eigenvalue weighted by molar-refractivity contribution is -0.115. The predicted octanol–water partition coefficient (Wildman–Crippen LogP) is 4.26. The van der Waals surface area contributed by atoms with Gasteiger partial charge in [-0.3, -0.25) is 9.69 Å². The predicted molar refractivity (Wildman–Crippen MR) is 94.7 cm³/mol. The first-order chi connectivity index (χ1) is 11.6. The van der Waals surface area contributed by atoms with Gasteiger partial charge in [0.15, 0.2) is 0 Å².